The minimum Gasteiger partial charge on any atom is -0.309 e. The van der Waals surface area contributed by atoms with Crippen LogP contribution < -0.4 is 0 Å². The van der Waals surface area contributed by atoms with Crippen molar-refractivity contribution in [3.8, 4) is 33.9 Å². The predicted octanol–water partition coefficient (Wildman–Crippen LogP) is 17.4. The van der Waals surface area contributed by atoms with Crippen LogP contribution in [0.25, 0.3) is 121 Å². The van der Waals surface area contributed by atoms with E-state index in [9.17, 15) is 0 Å². The minimum atomic E-state index is 1.17. The van der Waals surface area contributed by atoms with Crippen LogP contribution in [0.2, 0.25) is 0 Å². The first-order valence-corrected chi connectivity index (χ1v) is 24.0. The third-order valence-electron chi connectivity index (χ3n) is 14.2. The van der Waals surface area contributed by atoms with E-state index < -0.39 is 0 Å². The van der Waals surface area contributed by atoms with E-state index in [1.54, 1.807) is 0 Å². The van der Waals surface area contributed by atoms with Crippen molar-refractivity contribution in [2.45, 2.75) is 0 Å². The van der Waals surface area contributed by atoms with Gasteiger partial charge >= 0.3 is 0 Å². The lowest BCUT2D eigenvalue weighted by Gasteiger charge is -2.12. The molecule has 0 unspecified atom stereocenters. The van der Waals surface area contributed by atoms with Gasteiger partial charge in [0.1, 0.15) is 0 Å². The highest BCUT2D eigenvalue weighted by Gasteiger charge is 2.18. The lowest BCUT2D eigenvalue weighted by Crippen LogP contribution is -1.98. The van der Waals surface area contributed by atoms with Gasteiger partial charge in [-0.2, -0.15) is 0 Å². The van der Waals surface area contributed by atoms with Crippen LogP contribution in [0.1, 0.15) is 0 Å². The highest BCUT2D eigenvalue weighted by molar-refractivity contribution is 6.14. The zero-order valence-electron chi connectivity index (χ0n) is 38.2. The molecule has 0 aliphatic heterocycles. The summed E-state index contributed by atoms with van der Waals surface area (Å²) in [6.07, 6.45) is 0. The Morgan fingerprint density at radius 3 is 0.729 bits per heavy atom. The zero-order chi connectivity index (χ0) is 46.1. The Morgan fingerprint density at radius 2 is 0.400 bits per heavy atom. The van der Waals surface area contributed by atoms with Gasteiger partial charge in [-0.15, -0.1) is 0 Å². The van der Waals surface area contributed by atoms with Gasteiger partial charge in [-0.05, 0) is 114 Å². The van der Waals surface area contributed by atoms with Crippen LogP contribution in [0.4, 0.5) is 0 Å². The summed E-state index contributed by atoms with van der Waals surface area (Å²) >= 11 is 0. The molecule has 15 aromatic rings. The Bertz CT molecular complexity index is 4080. The molecule has 0 saturated carbocycles. The van der Waals surface area contributed by atoms with Crippen LogP contribution in [-0.2, 0) is 0 Å². The fourth-order valence-corrected chi connectivity index (χ4v) is 11.2. The average molecular weight is 893 g/mol. The van der Waals surface area contributed by atoms with Crippen LogP contribution in [0.5, 0.6) is 0 Å². The second-order valence-corrected chi connectivity index (χ2v) is 18.1. The van der Waals surface area contributed by atoms with Crippen molar-refractivity contribution < 1.29 is 0 Å². The summed E-state index contributed by atoms with van der Waals surface area (Å²) in [5.41, 5.74) is 17.0. The predicted molar refractivity (Wildman–Crippen MR) is 296 cm³/mol. The Hall–Kier alpha value is -9.38. The van der Waals surface area contributed by atoms with Crippen molar-refractivity contribution in [1.82, 2.24) is 18.3 Å². The Labute approximate surface area is 404 Å². The van der Waals surface area contributed by atoms with Crippen LogP contribution in [0.15, 0.2) is 267 Å². The number of fused-ring (bicyclic) bond motifs is 12. The summed E-state index contributed by atoms with van der Waals surface area (Å²) in [6.45, 7) is 0. The lowest BCUT2D eigenvalue weighted by atomic mass is 10.0. The number of aromatic nitrogens is 4. The van der Waals surface area contributed by atoms with Gasteiger partial charge in [-0.3, -0.25) is 0 Å². The van der Waals surface area contributed by atoms with Gasteiger partial charge in [0.05, 0.1) is 44.1 Å². The van der Waals surface area contributed by atoms with E-state index in [2.05, 4.69) is 285 Å². The molecule has 0 N–H and O–H groups in total. The topological polar surface area (TPSA) is 19.7 Å². The third-order valence-corrected chi connectivity index (χ3v) is 14.2. The Morgan fingerprint density at radius 1 is 0.157 bits per heavy atom. The first-order valence-electron chi connectivity index (χ1n) is 24.0. The lowest BCUT2D eigenvalue weighted by molar-refractivity contribution is 1.13. The molecule has 4 aromatic heterocycles. The van der Waals surface area contributed by atoms with E-state index in [0.717, 1.165) is 0 Å². The van der Waals surface area contributed by atoms with Gasteiger partial charge in [-0.25, -0.2) is 0 Å². The molecule has 0 fully saturated rings. The molecule has 0 saturated heterocycles. The molecule has 0 amide bonds. The molecule has 328 valence electrons. The van der Waals surface area contributed by atoms with Gasteiger partial charge in [-0.1, -0.05) is 164 Å². The van der Waals surface area contributed by atoms with E-state index in [1.165, 1.54) is 121 Å². The molecular formula is C66H44N4. The fraction of sp³-hybridized carbons (Fsp3) is 0. The molecule has 0 bridgehead atoms. The molecule has 0 spiro atoms. The number of nitrogens with zero attached hydrogens (tertiary/aromatic N) is 4. The number of hydrogen-bond donors (Lipinski definition) is 0. The molecule has 4 heteroatoms. The monoisotopic (exact) mass is 892 g/mol. The molecule has 0 atom stereocenters. The molecule has 0 aliphatic carbocycles. The molecule has 11 aromatic carbocycles. The van der Waals surface area contributed by atoms with Gasteiger partial charge in [0.15, 0.2) is 0 Å². The molecule has 4 nitrogen and oxygen atoms in total. The second kappa shape index (κ2) is 16.2. The Kier molecular flexibility index (Phi) is 9.17. The van der Waals surface area contributed by atoms with Crippen molar-refractivity contribution in [2.24, 2.45) is 0 Å². The van der Waals surface area contributed by atoms with Crippen molar-refractivity contribution in [3.05, 3.63) is 267 Å². The van der Waals surface area contributed by atoms with E-state index in [0.29, 0.717) is 0 Å². The summed E-state index contributed by atoms with van der Waals surface area (Å²) < 4.78 is 9.49. The summed E-state index contributed by atoms with van der Waals surface area (Å²) in [4.78, 5) is 0. The van der Waals surface area contributed by atoms with Crippen molar-refractivity contribution >= 4 is 87.2 Å². The molecule has 70 heavy (non-hydrogen) atoms. The van der Waals surface area contributed by atoms with Gasteiger partial charge < -0.3 is 18.3 Å². The highest BCUT2D eigenvalue weighted by atomic mass is 15.0. The van der Waals surface area contributed by atoms with Crippen LogP contribution >= 0.6 is 0 Å². The molecule has 4 heterocycles. The summed E-state index contributed by atoms with van der Waals surface area (Å²) in [5.74, 6) is 0. The molecular weight excluding hydrogens is 849 g/mol. The van der Waals surface area contributed by atoms with Crippen molar-refractivity contribution in [3.63, 3.8) is 0 Å². The normalized spacial score (nSPS) is 11.7. The third kappa shape index (κ3) is 6.24. The quantitative estimate of drug-likeness (QED) is 0.164. The van der Waals surface area contributed by atoms with Gasteiger partial charge in [0.25, 0.3) is 0 Å². The first-order chi connectivity index (χ1) is 34.8. The summed E-state index contributed by atoms with van der Waals surface area (Å²) in [5, 5.41) is 10.2. The summed E-state index contributed by atoms with van der Waals surface area (Å²) in [7, 11) is 0. The van der Waals surface area contributed by atoms with Crippen molar-refractivity contribution in [2.75, 3.05) is 0 Å². The standard InChI is InChI=1S/C36H24N2.C30H20N2/c1-3-11-27(12-4-1)37-33-17-9-7-15-29(33)31-23-25(19-21-35(31)37)26-20-22-36-32(24-26)30-16-8-10-18-34(30)38(36)28-13-5-2-6-14-28;1-5-16-27-23(12-1)24-13-2-6-17-28(24)31(27)21-10-9-11-22(20-21)32-29-18-7-3-14-25(29)26-15-4-8-19-30(26)32/h1-24H;1-20H. The zero-order valence-corrected chi connectivity index (χ0v) is 38.2. The van der Waals surface area contributed by atoms with Crippen LogP contribution in [0.3, 0.4) is 0 Å². The maximum absolute atomic E-state index is 2.38. The van der Waals surface area contributed by atoms with E-state index in [-0.39, 0.29) is 0 Å². The smallest absolute Gasteiger partial charge is 0.0541 e. The number of hydrogen-bond acceptors (Lipinski definition) is 0. The maximum Gasteiger partial charge on any atom is 0.0541 e. The van der Waals surface area contributed by atoms with Gasteiger partial charge in [0, 0.05) is 65.8 Å². The van der Waals surface area contributed by atoms with Crippen LogP contribution in [-0.4, -0.2) is 18.3 Å². The molecule has 0 aliphatic rings. The average Bonchev–Trinajstić information content (AvgIpc) is 4.16. The number of rotatable bonds is 5. The van der Waals surface area contributed by atoms with Crippen molar-refractivity contribution in [1.29, 1.82) is 0 Å². The van der Waals surface area contributed by atoms with E-state index in [4.69, 9.17) is 0 Å². The minimum absolute atomic E-state index is 1.17. The fourth-order valence-electron chi connectivity index (χ4n) is 11.2. The molecule has 0 radical (unpaired) electrons. The van der Waals surface area contributed by atoms with Gasteiger partial charge in [0.2, 0.25) is 0 Å². The molecule has 15 rings (SSSR count). The van der Waals surface area contributed by atoms with Crippen LogP contribution in [0, 0.1) is 0 Å². The number of benzene rings is 11. The SMILES string of the molecule is c1cc(-n2c3ccccc3c3ccccc32)cc(-n2c3ccccc3c3ccccc32)c1.c1ccc(-n2c3ccccc3c3cc(-c4ccc5c(c4)c4ccccc4n5-c4ccccc4)ccc32)cc1. The van der Waals surface area contributed by atoms with E-state index in [1.807, 2.05) is 0 Å². The second-order valence-electron chi connectivity index (χ2n) is 18.1. The Balaban J connectivity index is 0.000000133. The largest absolute Gasteiger partial charge is 0.309 e. The van der Waals surface area contributed by atoms with E-state index >= 15 is 0 Å². The number of para-hydroxylation sites is 8. The highest BCUT2D eigenvalue weighted by Crippen LogP contribution is 2.39. The summed E-state index contributed by atoms with van der Waals surface area (Å²) in [6, 6.07) is 96.0. The maximum atomic E-state index is 2.38. The first kappa shape index (κ1) is 39.8.